The molecular weight excluding hydrogens is 334 g/mol. The van der Waals surface area contributed by atoms with Gasteiger partial charge in [-0.25, -0.2) is 4.98 Å². The predicted molar refractivity (Wildman–Crippen MR) is 111 cm³/mol. The van der Waals surface area contributed by atoms with Crippen LogP contribution in [0.25, 0.3) is 21.9 Å². The van der Waals surface area contributed by atoms with Crippen molar-refractivity contribution in [2.45, 2.75) is 19.4 Å². The second-order valence-electron chi connectivity index (χ2n) is 7.41. The van der Waals surface area contributed by atoms with Gasteiger partial charge in [-0.15, -0.1) is 0 Å². The number of fused-ring (bicyclic) bond motifs is 4. The van der Waals surface area contributed by atoms with Gasteiger partial charge in [0.1, 0.15) is 0 Å². The van der Waals surface area contributed by atoms with Crippen LogP contribution in [0.3, 0.4) is 0 Å². The molecule has 27 heavy (non-hydrogen) atoms. The molecule has 0 bridgehead atoms. The minimum Gasteiger partial charge on any atom is -0.356 e. The Kier molecular flexibility index (Phi) is 4.09. The molecule has 2 aromatic heterocycles. The van der Waals surface area contributed by atoms with Crippen LogP contribution in [0.4, 0.5) is 5.95 Å². The molecule has 4 aromatic rings. The zero-order valence-electron chi connectivity index (χ0n) is 15.7. The van der Waals surface area contributed by atoms with Gasteiger partial charge in [0, 0.05) is 56.2 Å². The van der Waals surface area contributed by atoms with Gasteiger partial charge >= 0.3 is 0 Å². The Balaban J connectivity index is 1.20. The smallest absolute Gasteiger partial charge is 0.201 e. The van der Waals surface area contributed by atoms with Crippen molar-refractivity contribution < 1.29 is 0 Å². The molecule has 138 valence electrons. The van der Waals surface area contributed by atoms with Gasteiger partial charge in [0.25, 0.3) is 0 Å². The van der Waals surface area contributed by atoms with E-state index in [0.717, 1.165) is 56.0 Å². The molecule has 5 rings (SSSR count). The van der Waals surface area contributed by atoms with Crippen molar-refractivity contribution in [3.05, 3.63) is 59.8 Å². The largest absolute Gasteiger partial charge is 0.356 e. The van der Waals surface area contributed by atoms with Crippen molar-refractivity contribution in [3.8, 4) is 0 Å². The molecule has 2 aromatic carbocycles. The van der Waals surface area contributed by atoms with E-state index in [4.69, 9.17) is 0 Å². The highest BCUT2D eigenvalue weighted by molar-refractivity contribution is 5.85. The van der Waals surface area contributed by atoms with E-state index in [1.807, 2.05) is 18.2 Å². The van der Waals surface area contributed by atoms with Gasteiger partial charge in [0.05, 0.1) is 11.0 Å². The molecule has 0 saturated heterocycles. The van der Waals surface area contributed by atoms with Crippen molar-refractivity contribution in [1.82, 2.24) is 19.4 Å². The minimum absolute atomic E-state index is 0.867. The molecular formula is C22H25N5. The second kappa shape index (κ2) is 6.74. The van der Waals surface area contributed by atoms with Crippen LogP contribution in [-0.2, 0) is 20.0 Å². The predicted octanol–water partition coefficient (Wildman–Crippen LogP) is 3.91. The first-order valence-electron chi connectivity index (χ1n) is 9.76. The average molecular weight is 359 g/mol. The maximum absolute atomic E-state index is 4.58. The molecule has 0 fully saturated rings. The summed E-state index contributed by atoms with van der Waals surface area (Å²) in [7, 11) is 2.20. The van der Waals surface area contributed by atoms with E-state index >= 15 is 0 Å². The van der Waals surface area contributed by atoms with Crippen molar-refractivity contribution in [2.75, 3.05) is 25.0 Å². The van der Waals surface area contributed by atoms with Crippen LogP contribution in [0.15, 0.2) is 48.5 Å². The Morgan fingerprint density at radius 2 is 1.96 bits per heavy atom. The first-order valence-corrected chi connectivity index (χ1v) is 9.76. The van der Waals surface area contributed by atoms with Crippen LogP contribution in [0, 0.1) is 0 Å². The van der Waals surface area contributed by atoms with E-state index < -0.39 is 0 Å². The van der Waals surface area contributed by atoms with Crippen LogP contribution in [0.5, 0.6) is 0 Å². The van der Waals surface area contributed by atoms with Crippen molar-refractivity contribution >= 4 is 27.9 Å². The van der Waals surface area contributed by atoms with Crippen molar-refractivity contribution in [2.24, 2.45) is 7.05 Å². The molecule has 1 aliphatic heterocycles. The number of H-pyrrole nitrogens is 1. The summed E-state index contributed by atoms with van der Waals surface area (Å²) in [5.41, 5.74) is 6.48. The zero-order valence-corrected chi connectivity index (χ0v) is 15.7. The number of aryl methyl sites for hydroxylation is 1. The third-order valence-corrected chi connectivity index (χ3v) is 5.72. The van der Waals surface area contributed by atoms with Crippen LogP contribution in [0.1, 0.15) is 17.7 Å². The number of hydrogen-bond acceptors (Lipinski definition) is 3. The van der Waals surface area contributed by atoms with E-state index in [1.165, 1.54) is 22.2 Å². The lowest BCUT2D eigenvalue weighted by molar-refractivity contribution is 0.252. The summed E-state index contributed by atoms with van der Waals surface area (Å²) in [6.07, 6.45) is 2.24. The summed E-state index contributed by atoms with van der Waals surface area (Å²) in [6.45, 7) is 4.23. The maximum Gasteiger partial charge on any atom is 0.201 e. The molecule has 5 nitrogen and oxygen atoms in total. The number of rotatable bonds is 5. The Hall–Kier alpha value is -2.79. The molecule has 3 heterocycles. The standard InChI is InChI=1S/C22H25N5/c1-26-20-10-5-2-7-16(20)17-15-27(14-11-21(17)26)13-6-12-23-22-24-18-8-3-4-9-19(18)25-22/h2-5,7-10H,6,11-15H2,1H3,(H2,23,24,25). The highest BCUT2D eigenvalue weighted by Gasteiger charge is 2.22. The summed E-state index contributed by atoms with van der Waals surface area (Å²) in [5, 5.41) is 4.85. The second-order valence-corrected chi connectivity index (χ2v) is 7.41. The molecule has 0 atom stereocenters. The molecule has 5 heteroatoms. The first kappa shape index (κ1) is 16.4. The van der Waals surface area contributed by atoms with Gasteiger partial charge in [0.2, 0.25) is 5.95 Å². The number of nitrogens with one attached hydrogen (secondary N) is 2. The van der Waals surface area contributed by atoms with Crippen LogP contribution in [-0.4, -0.2) is 39.1 Å². The van der Waals surface area contributed by atoms with Crippen molar-refractivity contribution in [1.29, 1.82) is 0 Å². The summed E-state index contributed by atoms with van der Waals surface area (Å²) in [4.78, 5) is 10.5. The molecule has 0 amide bonds. The number of aromatic amines is 1. The fourth-order valence-corrected chi connectivity index (χ4v) is 4.32. The van der Waals surface area contributed by atoms with E-state index in [1.54, 1.807) is 0 Å². The Bertz CT molecular complexity index is 1060. The van der Waals surface area contributed by atoms with Crippen LogP contribution in [0.2, 0.25) is 0 Å². The fraction of sp³-hybridized carbons (Fsp3) is 0.318. The maximum atomic E-state index is 4.58. The van der Waals surface area contributed by atoms with E-state index in [2.05, 4.69) is 62.1 Å². The van der Waals surface area contributed by atoms with Gasteiger partial charge in [-0.1, -0.05) is 30.3 Å². The number of aromatic nitrogens is 3. The van der Waals surface area contributed by atoms with E-state index in [0.29, 0.717) is 0 Å². The minimum atomic E-state index is 0.867. The molecule has 2 N–H and O–H groups in total. The lowest BCUT2D eigenvalue weighted by Crippen LogP contribution is -2.32. The molecule has 0 spiro atoms. The van der Waals surface area contributed by atoms with Crippen molar-refractivity contribution in [3.63, 3.8) is 0 Å². The average Bonchev–Trinajstić information content (AvgIpc) is 3.25. The topological polar surface area (TPSA) is 48.9 Å². The van der Waals surface area contributed by atoms with E-state index in [-0.39, 0.29) is 0 Å². The van der Waals surface area contributed by atoms with Gasteiger partial charge in [-0.3, -0.25) is 4.90 Å². The lowest BCUT2D eigenvalue weighted by Gasteiger charge is -2.27. The van der Waals surface area contributed by atoms with Gasteiger partial charge < -0.3 is 14.9 Å². The monoisotopic (exact) mass is 359 g/mol. The van der Waals surface area contributed by atoms with Gasteiger partial charge in [-0.05, 0) is 30.2 Å². The third kappa shape index (κ3) is 2.98. The summed E-state index contributed by atoms with van der Waals surface area (Å²) in [5.74, 6) is 0.867. The number of benzene rings is 2. The quantitative estimate of drug-likeness (QED) is 0.531. The molecule has 0 saturated carbocycles. The molecule has 0 aliphatic carbocycles. The number of para-hydroxylation sites is 3. The number of anilines is 1. The normalized spacial score (nSPS) is 14.7. The fourth-order valence-electron chi connectivity index (χ4n) is 4.32. The van der Waals surface area contributed by atoms with Gasteiger partial charge in [0.15, 0.2) is 0 Å². The lowest BCUT2D eigenvalue weighted by atomic mass is 10.0. The molecule has 0 radical (unpaired) electrons. The zero-order chi connectivity index (χ0) is 18.2. The summed E-state index contributed by atoms with van der Waals surface area (Å²) >= 11 is 0. The van der Waals surface area contributed by atoms with Crippen LogP contribution < -0.4 is 5.32 Å². The molecule has 0 unspecified atom stereocenters. The number of nitrogens with zero attached hydrogens (tertiary/aromatic N) is 3. The number of imidazole rings is 1. The highest BCUT2D eigenvalue weighted by Crippen LogP contribution is 2.29. The highest BCUT2D eigenvalue weighted by atomic mass is 15.2. The Labute approximate surface area is 159 Å². The Morgan fingerprint density at radius 3 is 2.89 bits per heavy atom. The Morgan fingerprint density at radius 1 is 1.11 bits per heavy atom. The third-order valence-electron chi connectivity index (χ3n) is 5.72. The summed E-state index contributed by atoms with van der Waals surface area (Å²) < 4.78 is 2.38. The van der Waals surface area contributed by atoms with Crippen LogP contribution >= 0.6 is 0 Å². The van der Waals surface area contributed by atoms with Gasteiger partial charge in [-0.2, -0.15) is 0 Å². The SMILES string of the molecule is Cn1c2c(c3ccccc31)CN(CCCNc1nc3ccccc3[nH]1)CC2. The first-order chi connectivity index (χ1) is 13.3. The molecule has 1 aliphatic rings. The van der Waals surface area contributed by atoms with E-state index in [9.17, 15) is 0 Å². The number of hydrogen-bond donors (Lipinski definition) is 2. The summed E-state index contributed by atoms with van der Waals surface area (Å²) in [6, 6.07) is 16.9.